The summed E-state index contributed by atoms with van der Waals surface area (Å²) in [5.41, 5.74) is 12.8. The van der Waals surface area contributed by atoms with Crippen LogP contribution in [0.4, 0.5) is 17.6 Å². The highest BCUT2D eigenvalue weighted by Crippen LogP contribution is 2.31. The molecule has 0 amide bonds. The van der Waals surface area contributed by atoms with Crippen molar-refractivity contribution in [2.75, 3.05) is 35.6 Å². The Bertz CT molecular complexity index is 1650. The predicted molar refractivity (Wildman–Crippen MR) is 159 cm³/mol. The Balaban J connectivity index is 1.25. The summed E-state index contributed by atoms with van der Waals surface area (Å²) >= 11 is 0. The summed E-state index contributed by atoms with van der Waals surface area (Å²) in [5.74, 6) is 1.84. The van der Waals surface area contributed by atoms with Gasteiger partial charge in [-0.05, 0) is 62.9 Å². The van der Waals surface area contributed by atoms with Crippen molar-refractivity contribution in [1.29, 1.82) is 0 Å². The first-order valence-electron chi connectivity index (χ1n) is 14.1. The Morgan fingerprint density at radius 2 is 2.00 bits per heavy atom. The van der Waals surface area contributed by atoms with E-state index in [0.717, 1.165) is 71.1 Å². The first-order chi connectivity index (χ1) is 19.3. The average molecular weight is 543 g/mol. The summed E-state index contributed by atoms with van der Waals surface area (Å²) in [7, 11) is 2.06. The van der Waals surface area contributed by atoms with Crippen LogP contribution in [0.25, 0.3) is 27.8 Å². The zero-order chi connectivity index (χ0) is 28.0. The third-order valence-corrected chi connectivity index (χ3v) is 7.69. The second-order valence-corrected chi connectivity index (χ2v) is 10.9. The number of anilines is 3. The quantitative estimate of drug-likeness (QED) is 0.268. The van der Waals surface area contributed by atoms with E-state index in [9.17, 15) is 0 Å². The fourth-order valence-electron chi connectivity index (χ4n) is 5.77. The van der Waals surface area contributed by atoms with Crippen molar-refractivity contribution in [2.24, 2.45) is 7.05 Å². The monoisotopic (exact) mass is 542 g/mol. The number of nitrogen functional groups attached to an aromatic ring is 1. The van der Waals surface area contributed by atoms with Crippen molar-refractivity contribution >= 4 is 34.3 Å². The van der Waals surface area contributed by atoms with Gasteiger partial charge in [-0.15, -0.1) is 5.10 Å². The Morgan fingerprint density at radius 3 is 2.80 bits per heavy atom. The molecule has 1 saturated heterocycles. The fourth-order valence-corrected chi connectivity index (χ4v) is 5.77. The molecule has 1 aromatic carbocycles. The van der Waals surface area contributed by atoms with Gasteiger partial charge in [0.15, 0.2) is 5.65 Å². The summed E-state index contributed by atoms with van der Waals surface area (Å²) in [4.78, 5) is 12.1. The van der Waals surface area contributed by atoms with E-state index >= 15 is 0 Å². The molecule has 1 aliphatic rings. The number of aromatic nitrogens is 7. The van der Waals surface area contributed by atoms with Gasteiger partial charge in [0.1, 0.15) is 6.23 Å². The number of benzene rings is 1. The molecule has 1 unspecified atom stereocenters. The molecule has 1 aliphatic heterocycles. The maximum absolute atomic E-state index is 6.00. The van der Waals surface area contributed by atoms with Crippen LogP contribution in [0, 0.1) is 0 Å². The Morgan fingerprint density at radius 1 is 1.15 bits per heavy atom. The number of pyridine rings is 1. The molecule has 210 valence electrons. The number of nitrogens with two attached hydrogens (primary N) is 1. The lowest BCUT2D eigenvalue weighted by Crippen LogP contribution is -2.43. The first kappa shape index (κ1) is 26.1. The van der Waals surface area contributed by atoms with Gasteiger partial charge in [0.25, 0.3) is 0 Å². The maximum atomic E-state index is 6.00. The van der Waals surface area contributed by atoms with E-state index in [2.05, 4.69) is 46.8 Å². The van der Waals surface area contributed by atoms with E-state index in [1.54, 1.807) is 0 Å². The third kappa shape index (κ3) is 4.74. The van der Waals surface area contributed by atoms with E-state index < -0.39 is 0 Å². The number of nitrogens with one attached hydrogen (secondary N) is 1. The molecule has 1 fully saturated rings. The zero-order valence-electron chi connectivity index (χ0n) is 23.9. The van der Waals surface area contributed by atoms with Crippen molar-refractivity contribution < 1.29 is 4.74 Å². The molecule has 0 bridgehead atoms. The standard InChI is InChI=1S/C29H38N10O/c1-6-40-19(4)38-16-20(15-31-38)23-10-12-26-34-28(35-39(26)27(23)18(2)3)32-22-8-7-13-37(17-22)29-33-24-14-21(30)9-11-25(24)36(29)5/h9-12,14-16,18-19,22H,6-8,13,17,30H2,1-5H3,(H,32,35)/t19?,22-/m1/s1. The molecule has 5 aromatic rings. The van der Waals surface area contributed by atoms with Gasteiger partial charge in [-0.25, -0.2) is 14.2 Å². The SMILES string of the molecule is CCOC(C)n1cc(-c2ccc3nc(N[C@@H]4CCCN(c5nc6cc(N)ccc6n5C)C4)nn3c2C(C)C)cn1. The number of rotatable bonds is 8. The van der Waals surface area contributed by atoms with Crippen molar-refractivity contribution in [3.63, 3.8) is 0 Å². The van der Waals surface area contributed by atoms with E-state index in [0.29, 0.717) is 12.6 Å². The molecular weight excluding hydrogens is 504 g/mol. The van der Waals surface area contributed by atoms with Crippen molar-refractivity contribution in [3.05, 3.63) is 48.4 Å². The lowest BCUT2D eigenvalue weighted by Gasteiger charge is -2.33. The fraction of sp³-hybridized carbons (Fsp3) is 0.448. The molecule has 11 heteroatoms. The van der Waals surface area contributed by atoms with Crippen LogP contribution in [0.1, 0.15) is 58.4 Å². The number of aryl methyl sites for hydroxylation is 1. The van der Waals surface area contributed by atoms with Crippen LogP contribution in [0.15, 0.2) is 42.7 Å². The van der Waals surface area contributed by atoms with Crippen molar-refractivity contribution in [2.45, 2.75) is 58.7 Å². The molecule has 4 aromatic heterocycles. The van der Waals surface area contributed by atoms with Gasteiger partial charge in [-0.3, -0.25) is 0 Å². The second-order valence-electron chi connectivity index (χ2n) is 10.9. The van der Waals surface area contributed by atoms with Crippen LogP contribution in [0.2, 0.25) is 0 Å². The van der Waals surface area contributed by atoms with E-state index in [4.69, 9.17) is 25.5 Å². The van der Waals surface area contributed by atoms with Crippen LogP contribution < -0.4 is 16.0 Å². The molecule has 0 aliphatic carbocycles. The largest absolute Gasteiger partial charge is 0.399 e. The van der Waals surface area contributed by atoms with E-state index in [1.165, 1.54) is 0 Å². The van der Waals surface area contributed by atoms with Crippen molar-refractivity contribution in [1.82, 2.24) is 33.9 Å². The summed E-state index contributed by atoms with van der Waals surface area (Å²) in [6, 6.07) is 10.2. The van der Waals surface area contributed by atoms with Gasteiger partial charge < -0.3 is 25.3 Å². The van der Waals surface area contributed by atoms with Gasteiger partial charge in [-0.1, -0.05) is 13.8 Å². The third-order valence-electron chi connectivity index (χ3n) is 7.69. The van der Waals surface area contributed by atoms with E-state index in [1.807, 2.05) is 59.7 Å². The summed E-state index contributed by atoms with van der Waals surface area (Å²) in [6.45, 7) is 10.8. The van der Waals surface area contributed by atoms with Gasteiger partial charge in [0.05, 0.1) is 22.9 Å². The summed E-state index contributed by atoms with van der Waals surface area (Å²) in [6.07, 6.45) is 5.91. The van der Waals surface area contributed by atoms with E-state index in [-0.39, 0.29) is 18.2 Å². The predicted octanol–water partition coefficient (Wildman–Crippen LogP) is 4.82. The highest BCUT2D eigenvalue weighted by molar-refractivity contribution is 5.82. The van der Waals surface area contributed by atoms with Crippen LogP contribution in [0.3, 0.4) is 0 Å². The zero-order valence-corrected chi connectivity index (χ0v) is 23.9. The molecule has 40 heavy (non-hydrogen) atoms. The topological polar surface area (TPSA) is 116 Å². The average Bonchev–Trinajstić information content (AvgIpc) is 3.65. The minimum Gasteiger partial charge on any atom is -0.399 e. The molecule has 6 rings (SSSR count). The van der Waals surface area contributed by atoms with Crippen LogP contribution in [-0.4, -0.2) is 59.7 Å². The lowest BCUT2D eigenvalue weighted by molar-refractivity contribution is 0.0160. The Kier molecular flexibility index (Phi) is 6.83. The number of fused-ring (bicyclic) bond motifs is 2. The Hall–Kier alpha value is -4.12. The van der Waals surface area contributed by atoms with Gasteiger partial charge in [-0.2, -0.15) is 10.1 Å². The smallest absolute Gasteiger partial charge is 0.243 e. The molecule has 0 radical (unpaired) electrons. The first-order valence-corrected chi connectivity index (χ1v) is 14.1. The number of nitrogens with zero attached hydrogens (tertiary/aromatic N) is 8. The lowest BCUT2D eigenvalue weighted by atomic mass is 10.00. The molecule has 0 saturated carbocycles. The van der Waals surface area contributed by atoms with Gasteiger partial charge >= 0.3 is 0 Å². The number of imidazole rings is 1. The minimum atomic E-state index is -0.121. The number of ether oxygens (including phenoxy) is 1. The second kappa shape index (κ2) is 10.5. The van der Waals surface area contributed by atoms with Gasteiger partial charge in [0, 0.05) is 55.8 Å². The normalized spacial score (nSPS) is 16.9. The number of piperidine rings is 1. The molecular formula is C29H38N10O. The molecule has 5 heterocycles. The summed E-state index contributed by atoms with van der Waals surface area (Å²) in [5, 5.41) is 13.1. The molecule has 11 nitrogen and oxygen atoms in total. The minimum absolute atomic E-state index is 0.121. The van der Waals surface area contributed by atoms with Crippen LogP contribution in [0.5, 0.6) is 0 Å². The maximum Gasteiger partial charge on any atom is 0.243 e. The van der Waals surface area contributed by atoms with Gasteiger partial charge in [0.2, 0.25) is 11.9 Å². The van der Waals surface area contributed by atoms with Crippen LogP contribution in [-0.2, 0) is 11.8 Å². The highest BCUT2D eigenvalue weighted by Gasteiger charge is 2.25. The Labute approximate surface area is 234 Å². The number of hydrogen-bond acceptors (Lipinski definition) is 8. The molecule has 3 N–H and O–H groups in total. The van der Waals surface area contributed by atoms with Crippen molar-refractivity contribution in [3.8, 4) is 11.1 Å². The van der Waals surface area contributed by atoms with Crippen LogP contribution >= 0.6 is 0 Å². The molecule has 2 atom stereocenters. The highest BCUT2D eigenvalue weighted by atomic mass is 16.5. The molecule has 0 spiro atoms. The summed E-state index contributed by atoms with van der Waals surface area (Å²) < 4.78 is 11.7. The number of hydrogen-bond donors (Lipinski definition) is 2.